The molecule has 0 atom stereocenters. The predicted octanol–water partition coefficient (Wildman–Crippen LogP) is 2.77. The van der Waals surface area contributed by atoms with E-state index in [9.17, 15) is 0 Å². The Balaban J connectivity index is 1.51. The summed E-state index contributed by atoms with van der Waals surface area (Å²) in [6.07, 6.45) is 6.72. The fraction of sp³-hybridized carbons (Fsp3) is 0.471. The normalized spacial score (nSPS) is 17.2. The zero-order valence-electron chi connectivity index (χ0n) is 13.6. The van der Waals surface area contributed by atoms with Crippen molar-refractivity contribution in [1.29, 1.82) is 0 Å². The van der Waals surface area contributed by atoms with Gasteiger partial charge in [-0.05, 0) is 25.0 Å². The van der Waals surface area contributed by atoms with Gasteiger partial charge >= 0.3 is 0 Å². The van der Waals surface area contributed by atoms with Gasteiger partial charge in [0.25, 0.3) is 0 Å². The molecule has 0 spiro atoms. The molecule has 1 aromatic heterocycles. The molecule has 0 radical (unpaired) electrons. The number of ether oxygens (including phenoxy) is 2. The van der Waals surface area contributed by atoms with Crippen molar-refractivity contribution in [3.63, 3.8) is 0 Å². The van der Waals surface area contributed by atoms with E-state index in [1.807, 2.05) is 18.2 Å². The third kappa shape index (κ3) is 3.34. The Morgan fingerprint density at radius 1 is 0.958 bits per heavy atom. The monoisotopic (exact) mass is 327 g/mol. The van der Waals surface area contributed by atoms with Crippen molar-refractivity contribution in [2.45, 2.75) is 25.7 Å². The second-order valence-corrected chi connectivity index (χ2v) is 6.02. The SMILES string of the molecule is c1cc2c(cc1Nc1nncc(N3CCCCCC3)n1)OCCO2. The quantitative estimate of drug-likeness (QED) is 0.929. The van der Waals surface area contributed by atoms with Gasteiger partial charge in [-0.2, -0.15) is 10.1 Å². The van der Waals surface area contributed by atoms with Crippen molar-refractivity contribution in [2.24, 2.45) is 0 Å². The summed E-state index contributed by atoms with van der Waals surface area (Å²) in [6, 6.07) is 5.72. The molecule has 7 nitrogen and oxygen atoms in total. The Morgan fingerprint density at radius 2 is 1.75 bits per heavy atom. The lowest BCUT2D eigenvalue weighted by Gasteiger charge is -2.21. The van der Waals surface area contributed by atoms with Crippen LogP contribution in [0.5, 0.6) is 11.5 Å². The van der Waals surface area contributed by atoms with E-state index in [2.05, 4.69) is 25.4 Å². The van der Waals surface area contributed by atoms with Gasteiger partial charge < -0.3 is 19.7 Å². The lowest BCUT2D eigenvalue weighted by atomic mass is 10.2. The molecule has 1 fully saturated rings. The van der Waals surface area contributed by atoms with Crippen LogP contribution in [0.3, 0.4) is 0 Å². The molecule has 0 saturated carbocycles. The summed E-state index contributed by atoms with van der Waals surface area (Å²) in [5.74, 6) is 2.88. The van der Waals surface area contributed by atoms with Crippen molar-refractivity contribution in [3.8, 4) is 11.5 Å². The van der Waals surface area contributed by atoms with Gasteiger partial charge in [-0.1, -0.05) is 12.8 Å². The van der Waals surface area contributed by atoms with Crippen LogP contribution in [0.15, 0.2) is 24.4 Å². The molecule has 24 heavy (non-hydrogen) atoms. The predicted molar refractivity (Wildman–Crippen MR) is 91.2 cm³/mol. The van der Waals surface area contributed by atoms with Gasteiger partial charge in [-0.25, -0.2) is 0 Å². The molecule has 0 unspecified atom stereocenters. The standard InChI is InChI=1S/C17H21N5O2/c1-2-4-8-22(7-3-1)16-12-18-21-17(20-16)19-13-5-6-14-15(11-13)24-10-9-23-14/h5-6,11-12H,1-4,7-10H2,(H,19,20,21). The number of fused-ring (bicyclic) bond motifs is 1. The minimum atomic E-state index is 0.494. The lowest BCUT2D eigenvalue weighted by Crippen LogP contribution is -2.25. The molecule has 1 aromatic carbocycles. The highest BCUT2D eigenvalue weighted by atomic mass is 16.6. The van der Waals surface area contributed by atoms with Crippen LogP contribution < -0.4 is 19.7 Å². The number of hydrogen-bond donors (Lipinski definition) is 1. The summed E-state index contributed by atoms with van der Waals surface area (Å²) in [5, 5.41) is 11.4. The summed E-state index contributed by atoms with van der Waals surface area (Å²) in [6.45, 7) is 3.22. The van der Waals surface area contributed by atoms with E-state index < -0.39 is 0 Å². The molecule has 2 aliphatic rings. The van der Waals surface area contributed by atoms with Crippen LogP contribution in [-0.4, -0.2) is 41.5 Å². The number of rotatable bonds is 3. The first-order valence-electron chi connectivity index (χ1n) is 8.50. The average Bonchev–Trinajstić information content (AvgIpc) is 2.91. The topological polar surface area (TPSA) is 72.4 Å². The van der Waals surface area contributed by atoms with E-state index in [4.69, 9.17) is 9.47 Å². The molecule has 0 aliphatic carbocycles. The van der Waals surface area contributed by atoms with Crippen LogP contribution >= 0.6 is 0 Å². The van der Waals surface area contributed by atoms with Crippen molar-refractivity contribution in [2.75, 3.05) is 36.5 Å². The van der Waals surface area contributed by atoms with Crippen LogP contribution in [0.2, 0.25) is 0 Å². The molecular formula is C17H21N5O2. The maximum absolute atomic E-state index is 5.60. The van der Waals surface area contributed by atoms with Crippen molar-refractivity contribution in [3.05, 3.63) is 24.4 Å². The van der Waals surface area contributed by atoms with Crippen LogP contribution in [0, 0.1) is 0 Å². The molecule has 3 heterocycles. The van der Waals surface area contributed by atoms with E-state index in [1.165, 1.54) is 25.7 Å². The largest absolute Gasteiger partial charge is 0.486 e. The van der Waals surface area contributed by atoms with Crippen molar-refractivity contribution in [1.82, 2.24) is 15.2 Å². The first-order valence-corrected chi connectivity index (χ1v) is 8.50. The van der Waals surface area contributed by atoms with Crippen LogP contribution in [0.4, 0.5) is 17.5 Å². The minimum absolute atomic E-state index is 0.494. The molecule has 1 saturated heterocycles. The van der Waals surface area contributed by atoms with Crippen LogP contribution in [-0.2, 0) is 0 Å². The lowest BCUT2D eigenvalue weighted by molar-refractivity contribution is 0.171. The summed E-state index contributed by atoms with van der Waals surface area (Å²) in [7, 11) is 0. The number of hydrogen-bond acceptors (Lipinski definition) is 7. The fourth-order valence-electron chi connectivity index (χ4n) is 3.05. The van der Waals surface area contributed by atoms with Gasteiger partial charge in [0.05, 0.1) is 6.20 Å². The van der Waals surface area contributed by atoms with Gasteiger partial charge in [0, 0.05) is 24.8 Å². The molecule has 4 rings (SSSR count). The Bertz CT molecular complexity index is 701. The molecular weight excluding hydrogens is 306 g/mol. The van der Waals surface area contributed by atoms with Gasteiger partial charge in [0.15, 0.2) is 17.3 Å². The maximum Gasteiger partial charge on any atom is 0.249 e. The van der Waals surface area contributed by atoms with E-state index >= 15 is 0 Å². The average molecular weight is 327 g/mol. The summed E-state index contributed by atoms with van der Waals surface area (Å²) in [5.41, 5.74) is 0.856. The molecule has 0 amide bonds. The Morgan fingerprint density at radius 3 is 2.58 bits per heavy atom. The fourth-order valence-corrected chi connectivity index (χ4v) is 3.05. The van der Waals surface area contributed by atoms with Gasteiger partial charge in [-0.15, -0.1) is 5.10 Å². The van der Waals surface area contributed by atoms with Gasteiger partial charge in [0.1, 0.15) is 13.2 Å². The molecule has 2 aliphatic heterocycles. The molecule has 7 heteroatoms. The summed E-state index contributed by atoms with van der Waals surface area (Å²) < 4.78 is 11.1. The smallest absolute Gasteiger partial charge is 0.249 e. The Kier molecular flexibility index (Phi) is 4.31. The Labute approximate surface area is 141 Å². The second kappa shape index (κ2) is 6.90. The first kappa shape index (κ1) is 15.0. The highest BCUT2D eigenvalue weighted by molar-refractivity contribution is 5.60. The molecule has 126 valence electrons. The van der Waals surface area contributed by atoms with Gasteiger partial charge in [-0.3, -0.25) is 0 Å². The molecule has 0 bridgehead atoms. The number of aromatic nitrogens is 3. The van der Waals surface area contributed by atoms with Crippen LogP contribution in [0.1, 0.15) is 25.7 Å². The number of anilines is 3. The summed E-state index contributed by atoms with van der Waals surface area (Å²) in [4.78, 5) is 6.90. The van der Waals surface area contributed by atoms with Crippen molar-refractivity contribution >= 4 is 17.5 Å². The highest BCUT2D eigenvalue weighted by Crippen LogP contribution is 2.33. The van der Waals surface area contributed by atoms with E-state index in [-0.39, 0.29) is 0 Å². The summed E-state index contributed by atoms with van der Waals surface area (Å²) >= 11 is 0. The van der Waals surface area contributed by atoms with Gasteiger partial charge in [0.2, 0.25) is 5.95 Å². The van der Waals surface area contributed by atoms with Crippen molar-refractivity contribution < 1.29 is 9.47 Å². The first-order chi connectivity index (χ1) is 11.9. The Hall–Kier alpha value is -2.57. The molecule has 2 aromatic rings. The third-order valence-electron chi connectivity index (χ3n) is 4.27. The van der Waals surface area contributed by atoms with E-state index in [1.54, 1.807) is 6.20 Å². The highest BCUT2D eigenvalue weighted by Gasteiger charge is 2.14. The number of nitrogens with zero attached hydrogens (tertiary/aromatic N) is 4. The third-order valence-corrected chi connectivity index (χ3v) is 4.27. The minimum Gasteiger partial charge on any atom is -0.486 e. The zero-order chi connectivity index (χ0) is 16.2. The van der Waals surface area contributed by atoms with Crippen LogP contribution in [0.25, 0.3) is 0 Å². The molecule has 1 N–H and O–H groups in total. The number of benzene rings is 1. The van der Waals surface area contributed by atoms with E-state index in [0.717, 1.165) is 36.1 Å². The number of nitrogens with one attached hydrogen (secondary N) is 1. The second-order valence-electron chi connectivity index (χ2n) is 6.02. The van der Waals surface area contributed by atoms with E-state index in [0.29, 0.717) is 19.2 Å². The zero-order valence-corrected chi connectivity index (χ0v) is 13.6. The maximum atomic E-state index is 5.60.